The SMILES string of the molecule is COc1ccc(N/N=C(\N=Nc2nc(OC)nc(OC)n2)C(C)C)cc1. The molecule has 0 amide bonds. The standard InChI is InChI=1S/C16H21N7O3/c1-10(2)13(21-20-11-6-8-12(24-3)9-7-11)22-23-14-17-15(25-4)19-16(18-14)26-5/h6-10,20H,1-5H3/b21-13-,23-22?. The minimum Gasteiger partial charge on any atom is -0.497 e. The zero-order chi connectivity index (χ0) is 18.9. The number of azo groups is 1. The molecule has 0 atom stereocenters. The third-order valence-electron chi connectivity index (χ3n) is 3.10. The van der Waals surface area contributed by atoms with E-state index in [9.17, 15) is 0 Å². The molecule has 0 bridgehead atoms. The predicted molar refractivity (Wildman–Crippen MR) is 96.3 cm³/mol. The molecule has 0 radical (unpaired) electrons. The van der Waals surface area contributed by atoms with Crippen LogP contribution in [0, 0.1) is 5.92 Å². The fraction of sp³-hybridized carbons (Fsp3) is 0.375. The van der Waals surface area contributed by atoms with E-state index in [2.05, 4.69) is 35.7 Å². The van der Waals surface area contributed by atoms with Crippen molar-refractivity contribution in [3.8, 4) is 17.8 Å². The Bertz CT molecular complexity index is 754. The Kier molecular flexibility index (Phi) is 6.77. The van der Waals surface area contributed by atoms with Crippen molar-refractivity contribution in [2.24, 2.45) is 21.2 Å². The molecule has 2 aromatic rings. The van der Waals surface area contributed by atoms with E-state index < -0.39 is 0 Å². The van der Waals surface area contributed by atoms with Crippen molar-refractivity contribution in [1.29, 1.82) is 0 Å². The molecule has 0 spiro atoms. The number of nitrogens with zero attached hydrogens (tertiary/aromatic N) is 6. The van der Waals surface area contributed by atoms with Gasteiger partial charge in [0, 0.05) is 5.92 Å². The van der Waals surface area contributed by atoms with Gasteiger partial charge in [-0.3, -0.25) is 5.43 Å². The number of hydrogen-bond donors (Lipinski definition) is 1. The number of hydrogen-bond acceptors (Lipinski definition) is 9. The minimum absolute atomic E-state index is 0.0233. The lowest BCUT2D eigenvalue weighted by molar-refractivity contribution is 0.340. The summed E-state index contributed by atoms with van der Waals surface area (Å²) in [5.41, 5.74) is 3.73. The molecular weight excluding hydrogens is 338 g/mol. The highest BCUT2D eigenvalue weighted by molar-refractivity contribution is 5.85. The van der Waals surface area contributed by atoms with Gasteiger partial charge >= 0.3 is 12.0 Å². The van der Waals surface area contributed by atoms with Crippen molar-refractivity contribution in [3.63, 3.8) is 0 Å². The molecule has 0 saturated heterocycles. The summed E-state index contributed by atoms with van der Waals surface area (Å²) >= 11 is 0. The summed E-state index contributed by atoms with van der Waals surface area (Å²) in [4.78, 5) is 11.9. The van der Waals surface area contributed by atoms with E-state index in [-0.39, 0.29) is 23.9 Å². The van der Waals surface area contributed by atoms with Crippen molar-refractivity contribution >= 4 is 17.5 Å². The number of rotatable bonds is 7. The summed E-state index contributed by atoms with van der Waals surface area (Å²) in [6, 6.07) is 7.53. The Hall–Kier alpha value is -3.30. The van der Waals surface area contributed by atoms with E-state index in [1.165, 1.54) is 14.2 Å². The van der Waals surface area contributed by atoms with Crippen molar-refractivity contribution < 1.29 is 14.2 Å². The van der Waals surface area contributed by atoms with Gasteiger partial charge in [-0.05, 0) is 24.3 Å². The van der Waals surface area contributed by atoms with Crippen molar-refractivity contribution in [2.75, 3.05) is 26.8 Å². The lowest BCUT2D eigenvalue weighted by Crippen LogP contribution is -2.07. The molecule has 10 heteroatoms. The second-order valence-electron chi connectivity index (χ2n) is 5.27. The van der Waals surface area contributed by atoms with Gasteiger partial charge in [0.1, 0.15) is 5.75 Å². The van der Waals surface area contributed by atoms with Crippen LogP contribution in [0.1, 0.15) is 13.8 Å². The third-order valence-corrected chi connectivity index (χ3v) is 3.10. The molecule has 26 heavy (non-hydrogen) atoms. The maximum atomic E-state index is 5.12. The number of hydrazone groups is 1. The van der Waals surface area contributed by atoms with E-state index >= 15 is 0 Å². The van der Waals surface area contributed by atoms with Gasteiger partial charge in [-0.1, -0.05) is 13.8 Å². The van der Waals surface area contributed by atoms with Crippen LogP contribution in [0.25, 0.3) is 0 Å². The van der Waals surface area contributed by atoms with Crippen molar-refractivity contribution in [2.45, 2.75) is 13.8 Å². The molecule has 2 rings (SSSR count). The van der Waals surface area contributed by atoms with Gasteiger partial charge in [-0.2, -0.15) is 15.1 Å². The first-order chi connectivity index (χ1) is 12.5. The molecule has 10 nitrogen and oxygen atoms in total. The number of anilines is 1. The first kappa shape index (κ1) is 19.0. The van der Waals surface area contributed by atoms with Gasteiger partial charge in [0.2, 0.25) is 0 Å². The summed E-state index contributed by atoms with van der Waals surface area (Å²) in [5, 5.41) is 12.4. The van der Waals surface area contributed by atoms with Crippen LogP contribution in [-0.4, -0.2) is 42.1 Å². The van der Waals surface area contributed by atoms with Crippen LogP contribution in [0.2, 0.25) is 0 Å². The number of ether oxygens (including phenoxy) is 3. The molecule has 0 aliphatic heterocycles. The van der Waals surface area contributed by atoms with E-state index in [4.69, 9.17) is 14.2 Å². The fourth-order valence-corrected chi connectivity index (χ4v) is 1.71. The summed E-state index contributed by atoms with van der Waals surface area (Å²) in [7, 11) is 4.49. The van der Waals surface area contributed by atoms with Crippen LogP contribution in [-0.2, 0) is 0 Å². The number of nitrogens with one attached hydrogen (secondary N) is 1. The van der Waals surface area contributed by atoms with Crippen molar-refractivity contribution in [3.05, 3.63) is 24.3 Å². The zero-order valence-electron chi connectivity index (χ0n) is 15.3. The fourth-order valence-electron chi connectivity index (χ4n) is 1.71. The Morgan fingerprint density at radius 1 is 0.923 bits per heavy atom. The van der Waals surface area contributed by atoms with Gasteiger partial charge in [-0.15, -0.1) is 15.2 Å². The number of benzene rings is 1. The summed E-state index contributed by atoms with van der Waals surface area (Å²) < 4.78 is 15.1. The first-order valence-corrected chi connectivity index (χ1v) is 7.79. The van der Waals surface area contributed by atoms with Gasteiger partial charge in [0.25, 0.3) is 5.95 Å². The Morgan fingerprint density at radius 2 is 1.54 bits per heavy atom. The monoisotopic (exact) mass is 359 g/mol. The number of amidine groups is 1. The van der Waals surface area contributed by atoms with Gasteiger partial charge in [-0.25, -0.2) is 0 Å². The smallest absolute Gasteiger partial charge is 0.324 e. The van der Waals surface area contributed by atoms with Crippen LogP contribution >= 0.6 is 0 Å². The Labute approximate surface area is 151 Å². The summed E-state index contributed by atoms with van der Waals surface area (Å²) in [6.07, 6.45) is 0. The van der Waals surface area contributed by atoms with Crippen LogP contribution in [0.15, 0.2) is 39.6 Å². The van der Waals surface area contributed by atoms with Gasteiger partial charge in [0.15, 0.2) is 5.84 Å². The molecule has 1 aromatic carbocycles. The zero-order valence-corrected chi connectivity index (χ0v) is 15.3. The third kappa shape index (κ3) is 5.36. The number of methoxy groups -OCH3 is 3. The lowest BCUT2D eigenvalue weighted by atomic mass is 10.2. The molecule has 1 heterocycles. The molecule has 1 N–H and O–H groups in total. The van der Waals surface area contributed by atoms with Crippen molar-refractivity contribution in [1.82, 2.24) is 15.0 Å². The molecule has 0 aliphatic carbocycles. The van der Waals surface area contributed by atoms with Gasteiger partial charge in [0.05, 0.1) is 27.0 Å². The molecular formula is C16H21N7O3. The quantitative estimate of drug-likeness (QED) is 0.349. The van der Waals surface area contributed by atoms with Crippen LogP contribution in [0.3, 0.4) is 0 Å². The van der Waals surface area contributed by atoms with E-state index in [1.807, 2.05) is 38.1 Å². The Morgan fingerprint density at radius 3 is 2.04 bits per heavy atom. The molecule has 0 aliphatic rings. The molecule has 0 fully saturated rings. The van der Waals surface area contributed by atoms with E-state index in [0.29, 0.717) is 5.84 Å². The van der Waals surface area contributed by atoms with E-state index in [0.717, 1.165) is 11.4 Å². The second-order valence-corrected chi connectivity index (χ2v) is 5.27. The topological polar surface area (TPSA) is 115 Å². The minimum atomic E-state index is 0.0233. The molecule has 0 unspecified atom stereocenters. The van der Waals surface area contributed by atoms with Crippen LogP contribution in [0.4, 0.5) is 11.6 Å². The largest absolute Gasteiger partial charge is 0.497 e. The lowest BCUT2D eigenvalue weighted by Gasteiger charge is -2.06. The summed E-state index contributed by atoms with van der Waals surface area (Å²) in [5.74, 6) is 1.32. The van der Waals surface area contributed by atoms with E-state index in [1.54, 1.807) is 7.11 Å². The molecule has 1 aromatic heterocycles. The normalized spacial score (nSPS) is 11.7. The maximum Gasteiger partial charge on any atom is 0.324 e. The first-order valence-electron chi connectivity index (χ1n) is 7.79. The molecule has 138 valence electrons. The maximum absolute atomic E-state index is 5.12. The second kappa shape index (κ2) is 9.25. The highest BCUT2D eigenvalue weighted by atomic mass is 16.5. The highest BCUT2D eigenvalue weighted by Gasteiger charge is 2.08. The number of aromatic nitrogens is 3. The van der Waals surface area contributed by atoms with Gasteiger partial charge < -0.3 is 14.2 Å². The Balaban J connectivity index is 2.17. The average Bonchev–Trinajstić information content (AvgIpc) is 2.67. The van der Waals surface area contributed by atoms with Crippen LogP contribution in [0.5, 0.6) is 17.8 Å². The summed E-state index contributed by atoms with van der Waals surface area (Å²) in [6.45, 7) is 3.89. The predicted octanol–water partition coefficient (Wildman–Crippen LogP) is 3.06. The van der Waals surface area contributed by atoms with Crippen LogP contribution < -0.4 is 19.6 Å². The average molecular weight is 359 g/mol. The highest BCUT2D eigenvalue weighted by Crippen LogP contribution is 2.17. The molecule has 0 saturated carbocycles.